The first kappa shape index (κ1) is 36.4. The third kappa shape index (κ3) is 13.1. The Morgan fingerprint density at radius 2 is 1.42 bits per heavy atom. The minimum Gasteiger partial charge on any atom is -0.652 e. The van der Waals surface area contributed by atoms with E-state index in [9.17, 15) is 0 Å². The number of carbonyl (C=O) groups excluding carboxylic acids is 1. The number of para-hydroxylation sites is 1. The number of aromatic nitrogens is 7. The topological polar surface area (TPSA) is 247 Å². The van der Waals surface area contributed by atoms with Crippen molar-refractivity contribution in [3.05, 3.63) is 42.6 Å². The zero-order valence-corrected chi connectivity index (χ0v) is 20.1. The van der Waals surface area contributed by atoms with Crippen LogP contribution in [0.2, 0.25) is 0 Å². The van der Waals surface area contributed by atoms with Gasteiger partial charge in [-0.1, -0.05) is 21.8 Å². The van der Waals surface area contributed by atoms with Gasteiger partial charge in [-0.3, -0.25) is 4.79 Å². The van der Waals surface area contributed by atoms with Crippen molar-refractivity contribution in [1.29, 1.82) is 0 Å². The fourth-order valence-corrected chi connectivity index (χ4v) is 1.61. The minimum atomic E-state index is -2.33. The maximum absolute atomic E-state index is 8.95. The molecule has 0 saturated carbocycles. The van der Waals surface area contributed by atoms with Crippen LogP contribution in [0.25, 0.3) is 22.2 Å². The number of benzene rings is 1. The summed E-state index contributed by atoms with van der Waals surface area (Å²) in [6, 6.07) is 10.7. The van der Waals surface area contributed by atoms with E-state index in [2.05, 4.69) is 25.6 Å². The summed E-state index contributed by atoms with van der Waals surface area (Å²) in [5.41, 5.74) is 2.29. The van der Waals surface area contributed by atoms with Gasteiger partial charge in [-0.2, -0.15) is 0 Å². The van der Waals surface area contributed by atoms with E-state index in [4.69, 9.17) is 35.3 Å². The molecule has 15 nitrogen and oxygen atoms in total. The number of hydrogen-bond acceptors (Lipinski definition) is 11. The van der Waals surface area contributed by atoms with Crippen molar-refractivity contribution >= 4 is 47.2 Å². The molecule has 0 atom stereocenters. The first-order valence-corrected chi connectivity index (χ1v) is 6.72. The molecule has 1 aromatic carbocycles. The molecule has 158 valence electrons. The molecule has 0 aliphatic heterocycles. The monoisotopic (exact) mass is 477 g/mol. The smallest absolute Gasteiger partial charge is 0.652 e. The normalized spacial score (nSPS) is 7.87. The zero-order chi connectivity index (χ0) is 20.2. The second-order valence-corrected chi connectivity index (χ2v) is 4.15. The van der Waals surface area contributed by atoms with Gasteiger partial charge in [0.15, 0.2) is 0 Å². The maximum atomic E-state index is 8.95. The third-order valence-corrected chi connectivity index (χ3v) is 2.53. The summed E-state index contributed by atoms with van der Waals surface area (Å²) >= 11 is 0. The largest absolute Gasteiger partial charge is 1.00 e. The van der Waals surface area contributed by atoms with Crippen LogP contribution in [0.5, 0.6) is 0 Å². The molecule has 0 aliphatic rings. The summed E-state index contributed by atoms with van der Waals surface area (Å²) in [5, 5.41) is 55.5. The zero-order valence-electron chi connectivity index (χ0n) is 16.1. The molecule has 4 rings (SSSR count). The van der Waals surface area contributed by atoms with Crippen LogP contribution in [0, 0.1) is 0 Å². The van der Waals surface area contributed by atoms with Gasteiger partial charge in [0.25, 0.3) is 6.47 Å². The van der Waals surface area contributed by atoms with Crippen molar-refractivity contribution in [2.75, 3.05) is 0 Å². The van der Waals surface area contributed by atoms with Crippen molar-refractivity contribution in [3.63, 3.8) is 0 Å². The molecule has 0 spiro atoms. The number of fused-ring (bicyclic) bond motifs is 2. The van der Waals surface area contributed by atoms with Gasteiger partial charge in [0.2, 0.25) is 5.65 Å². The van der Waals surface area contributed by atoms with E-state index in [1.54, 1.807) is 30.5 Å². The SMILES string of the molecule is Cl.O.O=C([O-])[O-].O=CO.On1nnc2ccccc21.On1nnc2cccnc21.[K+].[Li+]. The van der Waals surface area contributed by atoms with Crippen molar-refractivity contribution in [1.82, 2.24) is 35.3 Å². The number of hydrogen-bond donors (Lipinski definition) is 3. The van der Waals surface area contributed by atoms with Crippen LogP contribution in [-0.4, -0.2) is 68.9 Å². The second-order valence-electron chi connectivity index (χ2n) is 4.15. The average molecular weight is 478 g/mol. The molecule has 5 N–H and O–H groups in total. The van der Waals surface area contributed by atoms with E-state index in [-0.39, 0.29) is 94.6 Å². The van der Waals surface area contributed by atoms with Gasteiger partial charge >= 0.3 is 70.2 Å². The molecule has 31 heavy (non-hydrogen) atoms. The number of carboxylic acid groups (broad SMARTS) is 3. The Labute approximate surface area is 233 Å². The van der Waals surface area contributed by atoms with Gasteiger partial charge in [-0.25, -0.2) is 4.98 Å². The van der Waals surface area contributed by atoms with Crippen LogP contribution in [-0.2, 0) is 4.79 Å². The van der Waals surface area contributed by atoms with Crippen molar-refractivity contribution in [2.45, 2.75) is 0 Å². The fraction of sp³-hybridized carbons (Fsp3) is 0. The number of pyridine rings is 1. The molecule has 0 saturated heterocycles. The summed E-state index contributed by atoms with van der Waals surface area (Å²) in [6.07, 6.45) is -0.765. The summed E-state index contributed by atoms with van der Waals surface area (Å²) < 4.78 is 0. The van der Waals surface area contributed by atoms with E-state index in [1.165, 1.54) is 0 Å². The molecule has 0 radical (unpaired) electrons. The van der Waals surface area contributed by atoms with Gasteiger partial charge in [-0.05, 0) is 40.8 Å². The van der Waals surface area contributed by atoms with Crippen LogP contribution in [0.1, 0.15) is 0 Å². The van der Waals surface area contributed by atoms with Gasteiger partial charge in [-0.15, -0.1) is 22.6 Å². The maximum Gasteiger partial charge on any atom is 1.00 e. The molecule has 0 fully saturated rings. The Hall–Kier alpha value is -2.01. The van der Waals surface area contributed by atoms with Crippen LogP contribution in [0.15, 0.2) is 42.6 Å². The Bertz CT molecular complexity index is 946. The van der Waals surface area contributed by atoms with Crippen LogP contribution < -0.4 is 80.5 Å². The van der Waals surface area contributed by atoms with Gasteiger partial charge < -0.3 is 36.0 Å². The Kier molecular flexibility index (Phi) is 23.4. The molecule has 18 heteroatoms. The fourth-order valence-electron chi connectivity index (χ4n) is 1.61. The van der Waals surface area contributed by atoms with Crippen molar-refractivity contribution in [2.24, 2.45) is 0 Å². The van der Waals surface area contributed by atoms with Gasteiger partial charge in [0, 0.05) is 6.20 Å². The van der Waals surface area contributed by atoms with Gasteiger partial charge in [0.1, 0.15) is 16.6 Å². The Morgan fingerprint density at radius 1 is 0.968 bits per heavy atom. The molecule has 0 amide bonds. The average Bonchev–Trinajstić information content (AvgIpc) is 3.20. The van der Waals surface area contributed by atoms with Crippen LogP contribution in [0.4, 0.5) is 4.79 Å². The summed E-state index contributed by atoms with van der Waals surface area (Å²) in [5.74, 6) is 0. The molecular weight excluding hydrogens is 464 g/mol. The quantitative estimate of drug-likeness (QED) is 0.121. The number of halogens is 1. The molecule has 4 aromatic rings. The van der Waals surface area contributed by atoms with E-state index in [0.717, 1.165) is 4.85 Å². The number of nitrogens with zero attached hydrogens (tertiary/aromatic N) is 7. The van der Waals surface area contributed by atoms with Crippen molar-refractivity contribution < 1.29 is 111 Å². The number of carbonyl (C=O) groups is 2. The standard InChI is InChI=1S/C6H5N3O.C5H4N4O.CH2O3.CH2O2.ClH.K.Li.H2O/c10-9-6-4-2-1-3-5(6)7-8-9;10-9-5-4(7-8-9)2-1-3-6-5;2-1(3)4;2-1-3;;;;/h1-4,10H;1-3,10H;(H2,2,3,4);1H,(H,2,3);1H;;;1H2/q;;;;;2*+1;/p-2. The molecule has 0 aliphatic carbocycles. The van der Waals surface area contributed by atoms with E-state index >= 15 is 0 Å². The molecule has 3 aromatic heterocycles. The van der Waals surface area contributed by atoms with Gasteiger partial charge in [0.05, 0.1) is 0 Å². The first-order chi connectivity index (χ1) is 12.9. The third-order valence-electron chi connectivity index (χ3n) is 2.53. The van der Waals surface area contributed by atoms with E-state index in [0.29, 0.717) is 27.0 Å². The Balaban J connectivity index is -0.000000166. The minimum absolute atomic E-state index is 0. The van der Waals surface area contributed by atoms with Crippen LogP contribution >= 0.6 is 12.4 Å². The predicted molar refractivity (Wildman–Crippen MR) is 92.2 cm³/mol. The van der Waals surface area contributed by atoms with E-state index < -0.39 is 6.16 Å². The molecule has 0 bridgehead atoms. The molecule has 0 unspecified atom stereocenters. The summed E-state index contributed by atoms with van der Waals surface area (Å²) in [7, 11) is 0. The number of rotatable bonds is 0. The first-order valence-electron chi connectivity index (χ1n) is 6.72. The van der Waals surface area contributed by atoms with E-state index in [1.807, 2.05) is 12.1 Å². The molecule has 3 heterocycles. The Morgan fingerprint density at radius 3 is 1.94 bits per heavy atom. The van der Waals surface area contributed by atoms with Crippen molar-refractivity contribution in [3.8, 4) is 0 Å². The van der Waals surface area contributed by atoms with Crippen LogP contribution in [0.3, 0.4) is 0 Å². The molecular formula is C13H14ClKLiN7O8. The summed E-state index contributed by atoms with van der Waals surface area (Å²) in [6.45, 7) is -0.250. The predicted octanol–water partition coefficient (Wildman–Crippen LogP) is -8.41. The second kappa shape index (κ2) is 19.9. The summed E-state index contributed by atoms with van der Waals surface area (Å²) in [4.78, 5) is 21.9.